The van der Waals surface area contributed by atoms with Crippen molar-refractivity contribution in [1.29, 1.82) is 0 Å². The van der Waals surface area contributed by atoms with Crippen molar-refractivity contribution in [2.75, 3.05) is 31.2 Å². The first-order valence-electron chi connectivity index (χ1n) is 6.58. The van der Waals surface area contributed by atoms with Crippen molar-refractivity contribution < 1.29 is 17.6 Å². The quantitative estimate of drug-likeness (QED) is 0.805. The van der Waals surface area contributed by atoms with Gasteiger partial charge in [0.25, 0.3) is 0 Å². The number of hydrogen-bond donors (Lipinski definition) is 0. The van der Waals surface area contributed by atoms with Crippen LogP contribution in [0.4, 0.5) is 6.01 Å². The summed E-state index contributed by atoms with van der Waals surface area (Å²) in [5, 5.41) is 6.98. The molecule has 3 rings (SSSR count). The van der Waals surface area contributed by atoms with E-state index in [0.717, 1.165) is 12.8 Å². The number of sulfone groups is 1. The summed E-state index contributed by atoms with van der Waals surface area (Å²) in [5.41, 5.74) is 0. The molecule has 2 aliphatic rings. The van der Waals surface area contributed by atoms with E-state index in [2.05, 4.69) is 10.2 Å². The highest BCUT2D eigenvalue weighted by atomic mass is 32.2. The highest BCUT2D eigenvalue weighted by Gasteiger charge is 2.35. The van der Waals surface area contributed by atoms with Gasteiger partial charge in [-0.2, -0.15) is 0 Å². The summed E-state index contributed by atoms with van der Waals surface area (Å²) in [6, 6.07) is 0.278. The molecule has 0 aromatic carbocycles. The van der Waals surface area contributed by atoms with Crippen LogP contribution in [-0.2, 0) is 14.6 Å². The molecule has 0 atom stereocenters. The smallest absolute Gasteiger partial charge is 0.337 e. The molecule has 2 fully saturated rings. The van der Waals surface area contributed by atoms with Crippen LogP contribution >= 0.6 is 0 Å². The lowest BCUT2D eigenvalue weighted by atomic mass is 10.4. The summed E-state index contributed by atoms with van der Waals surface area (Å²) >= 11 is 0. The van der Waals surface area contributed by atoms with Gasteiger partial charge in [-0.05, 0) is 12.8 Å². The van der Waals surface area contributed by atoms with E-state index in [1.807, 2.05) is 4.90 Å². The Morgan fingerprint density at radius 2 is 1.79 bits per heavy atom. The summed E-state index contributed by atoms with van der Waals surface area (Å²) in [6.07, 6.45) is 3.29. The Morgan fingerprint density at radius 3 is 2.47 bits per heavy atom. The number of ether oxygens (including phenoxy) is 1. The van der Waals surface area contributed by atoms with Gasteiger partial charge in [0.05, 0.1) is 18.5 Å². The van der Waals surface area contributed by atoms with Crippen LogP contribution in [0.5, 0.6) is 0 Å². The van der Waals surface area contributed by atoms with E-state index in [1.54, 1.807) is 0 Å². The van der Waals surface area contributed by atoms with Gasteiger partial charge in [-0.1, -0.05) is 23.0 Å². The maximum atomic E-state index is 12.3. The molecule has 0 unspecified atom stereocenters. The van der Waals surface area contributed by atoms with E-state index in [4.69, 9.17) is 9.15 Å². The highest BCUT2D eigenvalue weighted by Crippen LogP contribution is 2.30. The zero-order valence-electron chi connectivity index (χ0n) is 10.6. The van der Waals surface area contributed by atoms with Gasteiger partial charge in [0, 0.05) is 13.1 Å². The molecule has 19 heavy (non-hydrogen) atoms. The summed E-state index contributed by atoms with van der Waals surface area (Å²) in [5.74, 6) is 0. The monoisotopic (exact) mass is 287 g/mol. The molecule has 1 aromatic heterocycles. The number of hydrogen-bond acceptors (Lipinski definition) is 7. The molecule has 0 bridgehead atoms. The van der Waals surface area contributed by atoms with Crippen molar-refractivity contribution in [2.45, 2.75) is 36.2 Å². The molecular weight excluding hydrogens is 270 g/mol. The second kappa shape index (κ2) is 5.09. The molecule has 1 saturated heterocycles. The van der Waals surface area contributed by atoms with Crippen LogP contribution in [0.1, 0.15) is 25.7 Å². The van der Waals surface area contributed by atoms with Crippen molar-refractivity contribution in [2.24, 2.45) is 0 Å². The summed E-state index contributed by atoms with van der Waals surface area (Å²) in [6.45, 7) is 2.47. The largest absolute Gasteiger partial charge is 0.394 e. The second-order valence-corrected chi connectivity index (χ2v) is 7.01. The fourth-order valence-electron chi connectivity index (χ4n) is 2.54. The molecule has 7 nitrogen and oxygen atoms in total. The van der Waals surface area contributed by atoms with E-state index in [9.17, 15) is 8.42 Å². The Labute approximate surface area is 111 Å². The standard InChI is InChI=1S/C11H17N3O4S/c15-19(16,9-3-1-2-4-9)11-13-12-10(18-11)14-5-7-17-8-6-14/h9H,1-8H2. The van der Waals surface area contributed by atoms with Crippen molar-refractivity contribution in [1.82, 2.24) is 10.2 Å². The Kier molecular flexibility index (Phi) is 3.44. The normalized spacial score (nSPS) is 22.0. The molecule has 0 radical (unpaired) electrons. The summed E-state index contributed by atoms with van der Waals surface area (Å²) in [4.78, 5) is 1.85. The van der Waals surface area contributed by atoms with Gasteiger partial charge in [-0.15, -0.1) is 0 Å². The average molecular weight is 287 g/mol. The summed E-state index contributed by atoms with van der Waals surface area (Å²) < 4.78 is 35.2. The van der Waals surface area contributed by atoms with Gasteiger partial charge in [-0.25, -0.2) is 8.42 Å². The molecule has 8 heteroatoms. The first-order chi connectivity index (χ1) is 9.18. The molecule has 1 aliphatic heterocycles. The molecule has 0 N–H and O–H groups in total. The van der Waals surface area contributed by atoms with Gasteiger partial charge in [0.2, 0.25) is 9.84 Å². The van der Waals surface area contributed by atoms with Crippen LogP contribution in [0.15, 0.2) is 9.64 Å². The predicted molar refractivity (Wildman–Crippen MR) is 66.8 cm³/mol. The van der Waals surface area contributed by atoms with Crippen molar-refractivity contribution >= 4 is 15.9 Å². The third-order valence-electron chi connectivity index (χ3n) is 3.66. The van der Waals surface area contributed by atoms with Crippen molar-refractivity contribution in [3.63, 3.8) is 0 Å². The van der Waals surface area contributed by atoms with Gasteiger partial charge in [-0.3, -0.25) is 0 Å². The Hall–Kier alpha value is -1.15. The Balaban J connectivity index is 1.80. The van der Waals surface area contributed by atoms with Gasteiger partial charge < -0.3 is 14.1 Å². The van der Waals surface area contributed by atoms with Crippen LogP contribution in [0.2, 0.25) is 0 Å². The highest BCUT2D eigenvalue weighted by molar-refractivity contribution is 7.91. The van der Waals surface area contributed by atoms with E-state index >= 15 is 0 Å². The van der Waals surface area contributed by atoms with E-state index < -0.39 is 9.84 Å². The topological polar surface area (TPSA) is 85.5 Å². The first kappa shape index (κ1) is 12.9. The van der Waals surface area contributed by atoms with Gasteiger partial charge in [0.15, 0.2) is 0 Å². The minimum Gasteiger partial charge on any atom is -0.394 e. The molecule has 1 saturated carbocycles. The molecule has 0 spiro atoms. The van der Waals surface area contributed by atoms with Crippen molar-refractivity contribution in [3.05, 3.63) is 0 Å². The lowest BCUT2D eigenvalue weighted by Crippen LogP contribution is -2.36. The minimum atomic E-state index is -3.45. The van der Waals surface area contributed by atoms with Crippen LogP contribution < -0.4 is 4.90 Å². The first-order valence-corrected chi connectivity index (χ1v) is 8.12. The molecule has 1 aromatic rings. The molecule has 106 valence electrons. The Bertz CT molecular complexity index is 530. The SMILES string of the molecule is O=S(=O)(c1nnc(N2CCOCC2)o1)C1CCCC1. The Morgan fingerprint density at radius 1 is 1.11 bits per heavy atom. The van der Waals surface area contributed by atoms with Crippen LogP contribution in [0.25, 0.3) is 0 Å². The fourth-order valence-corrected chi connectivity index (χ4v) is 4.13. The van der Waals surface area contributed by atoms with Crippen molar-refractivity contribution in [3.8, 4) is 0 Å². The lowest BCUT2D eigenvalue weighted by molar-refractivity contribution is 0.120. The lowest BCUT2D eigenvalue weighted by Gasteiger charge is -2.24. The van der Waals surface area contributed by atoms with Crippen LogP contribution in [0, 0.1) is 0 Å². The van der Waals surface area contributed by atoms with Crippen LogP contribution in [0.3, 0.4) is 0 Å². The number of morpholine rings is 1. The van der Waals surface area contributed by atoms with E-state index in [-0.39, 0.29) is 16.5 Å². The summed E-state index contributed by atoms with van der Waals surface area (Å²) in [7, 11) is -3.45. The zero-order valence-corrected chi connectivity index (χ0v) is 11.4. The third kappa shape index (κ3) is 2.46. The third-order valence-corrected chi connectivity index (χ3v) is 5.66. The minimum absolute atomic E-state index is 0.235. The number of aromatic nitrogens is 2. The zero-order chi connectivity index (χ0) is 13.3. The maximum absolute atomic E-state index is 12.3. The second-order valence-electron chi connectivity index (χ2n) is 4.90. The van der Waals surface area contributed by atoms with Crippen LogP contribution in [-0.4, -0.2) is 50.2 Å². The molecule has 1 aliphatic carbocycles. The van der Waals surface area contributed by atoms with E-state index in [1.165, 1.54) is 0 Å². The number of nitrogens with zero attached hydrogens (tertiary/aromatic N) is 3. The van der Waals surface area contributed by atoms with Gasteiger partial charge >= 0.3 is 11.2 Å². The van der Waals surface area contributed by atoms with Gasteiger partial charge in [0.1, 0.15) is 0 Å². The van der Waals surface area contributed by atoms with E-state index in [0.29, 0.717) is 39.1 Å². The number of rotatable bonds is 3. The maximum Gasteiger partial charge on any atom is 0.337 e. The molecule has 2 heterocycles. The fraction of sp³-hybridized carbons (Fsp3) is 0.818. The molecule has 0 amide bonds. The number of anilines is 1. The average Bonchev–Trinajstić information content (AvgIpc) is 3.12. The molecular formula is C11H17N3O4S. The predicted octanol–water partition coefficient (Wildman–Crippen LogP) is 0.622.